The molecule has 0 saturated carbocycles. The summed E-state index contributed by atoms with van der Waals surface area (Å²) in [7, 11) is 0. The average molecular weight is 264 g/mol. The van der Waals surface area contributed by atoms with Crippen LogP contribution in [0.25, 0.3) is 0 Å². The van der Waals surface area contributed by atoms with E-state index in [1.54, 1.807) is 38.1 Å². The summed E-state index contributed by atoms with van der Waals surface area (Å²) in [6.07, 6.45) is -0.580. The number of amides is 1. The predicted molar refractivity (Wildman–Crippen MR) is 73.8 cm³/mol. The Bertz CT molecular complexity index is 470. The Balaban J connectivity index is 2.74. The number of hydrogen-bond donors (Lipinski definition) is 2. The van der Waals surface area contributed by atoms with Crippen LogP contribution >= 0.6 is 0 Å². The van der Waals surface area contributed by atoms with E-state index in [2.05, 4.69) is 10.5 Å². The second-order valence-electron chi connectivity index (χ2n) is 4.64. The Hall–Kier alpha value is -2.04. The van der Waals surface area contributed by atoms with Gasteiger partial charge in [0, 0.05) is 11.6 Å². The van der Waals surface area contributed by atoms with E-state index < -0.39 is 6.10 Å². The maximum absolute atomic E-state index is 11.7. The highest BCUT2D eigenvalue weighted by molar-refractivity contribution is 5.98. The predicted octanol–water partition coefficient (Wildman–Crippen LogP) is 2.18. The molecule has 0 fully saturated rings. The number of carbonyl (C=O) groups excluding carboxylic acids is 1. The van der Waals surface area contributed by atoms with Crippen molar-refractivity contribution in [2.75, 3.05) is 0 Å². The first kappa shape index (κ1) is 15.0. The fourth-order valence-corrected chi connectivity index (χ4v) is 1.51. The van der Waals surface area contributed by atoms with Gasteiger partial charge in [-0.05, 0) is 39.8 Å². The molecule has 1 rings (SSSR count). The molecule has 1 aromatic carbocycles. The molecule has 19 heavy (non-hydrogen) atoms. The molecule has 0 saturated heterocycles. The number of ether oxygens (including phenoxy) is 1. The van der Waals surface area contributed by atoms with Crippen molar-refractivity contribution in [3.63, 3.8) is 0 Å². The highest BCUT2D eigenvalue weighted by Crippen LogP contribution is 2.15. The number of nitrogens with one attached hydrogen (secondary N) is 1. The van der Waals surface area contributed by atoms with E-state index >= 15 is 0 Å². The quantitative estimate of drug-likeness (QED) is 0.486. The SMILES string of the molecule is C/C(=N\O)c1cccc(OC(C)C(=O)NC(C)C)c1. The third-order valence-electron chi connectivity index (χ3n) is 2.51. The van der Waals surface area contributed by atoms with Gasteiger partial charge >= 0.3 is 0 Å². The Morgan fingerprint density at radius 3 is 2.63 bits per heavy atom. The van der Waals surface area contributed by atoms with Gasteiger partial charge in [0.05, 0.1) is 5.71 Å². The van der Waals surface area contributed by atoms with E-state index in [4.69, 9.17) is 9.94 Å². The van der Waals surface area contributed by atoms with Gasteiger partial charge < -0.3 is 15.3 Å². The number of rotatable bonds is 5. The van der Waals surface area contributed by atoms with Crippen molar-refractivity contribution in [2.45, 2.75) is 39.8 Å². The van der Waals surface area contributed by atoms with E-state index in [0.29, 0.717) is 11.5 Å². The number of benzene rings is 1. The molecular weight excluding hydrogens is 244 g/mol. The van der Waals surface area contributed by atoms with Crippen LogP contribution in [0.1, 0.15) is 33.3 Å². The largest absolute Gasteiger partial charge is 0.481 e. The van der Waals surface area contributed by atoms with Crippen molar-refractivity contribution in [2.24, 2.45) is 5.16 Å². The van der Waals surface area contributed by atoms with E-state index in [9.17, 15) is 4.79 Å². The molecule has 0 bridgehead atoms. The Morgan fingerprint density at radius 2 is 2.05 bits per heavy atom. The lowest BCUT2D eigenvalue weighted by Crippen LogP contribution is -2.40. The lowest BCUT2D eigenvalue weighted by molar-refractivity contribution is -0.127. The molecule has 0 heterocycles. The highest BCUT2D eigenvalue weighted by Gasteiger charge is 2.15. The maximum atomic E-state index is 11.7. The van der Waals surface area contributed by atoms with Crippen LogP contribution in [0, 0.1) is 0 Å². The highest BCUT2D eigenvalue weighted by atomic mass is 16.5. The smallest absolute Gasteiger partial charge is 0.260 e. The van der Waals surface area contributed by atoms with Gasteiger partial charge in [-0.25, -0.2) is 0 Å². The van der Waals surface area contributed by atoms with Crippen molar-refractivity contribution in [3.8, 4) is 5.75 Å². The summed E-state index contributed by atoms with van der Waals surface area (Å²) >= 11 is 0. The Morgan fingerprint density at radius 1 is 1.37 bits per heavy atom. The molecule has 1 unspecified atom stereocenters. The second kappa shape index (κ2) is 6.78. The molecule has 1 atom stereocenters. The zero-order valence-corrected chi connectivity index (χ0v) is 11.7. The van der Waals surface area contributed by atoms with Crippen molar-refractivity contribution in [3.05, 3.63) is 29.8 Å². The Kier molecular flexibility index (Phi) is 5.36. The van der Waals surface area contributed by atoms with Crippen LogP contribution in [0.15, 0.2) is 29.4 Å². The topological polar surface area (TPSA) is 70.9 Å². The number of nitrogens with zero attached hydrogens (tertiary/aromatic N) is 1. The van der Waals surface area contributed by atoms with E-state index in [1.807, 2.05) is 13.8 Å². The minimum absolute atomic E-state index is 0.0775. The van der Waals surface area contributed by atoms with Crippen molar-refractivity contribution in [1.82, 2.24) is 5.32 Å². The number of carbonyl (C=O) groups is 1. The zero-order chi connectivity index (χ0) is 14.4. The average Bonchev–Trinajstić information content (AvgIpc) is 2.37. The summed E-state index contributed by atoms with van der Waals surface area (Å²) in [5.74, 6) is 0.403. The molecular formula is C14H20N2O3. The standard InChI is InChI=1S/C14H20N2O3/c1-9(2)15-14(17)11(4)19-13-7-5-6-12(8-13)10(3)16-18/h5-9,11,18H,1-4H3,(H,15,17)/b16-10+. The summed E-state index contributed by atoms with van der Waals surface area (Å²) in [4.78, 5) is 11.7. The zero-order valence-electron chi connectivity index (χ0n) is 11.7. The molecule has 0 radical (unpaired) electrons. The van der Waals surface area contributed by atoms with Crippen LogP contribution in [0.2, 0.25) is 0 Å². The summed E-state index contributed by atoms with van der Waals surface area (Å²) in [5, 5.41) is 14.7. The number of oxime groups is 1. The summed E-state index contributed by atoms with van der Waals surface area (Å²) < 4.78 is 5.56. The third kappa shape index (κ3) is 4.62. The maximum Gasteiger partial charge on any atom is 0.260 e. The van der Waals surface area contributed by atoms with Crippen molar-refractivity contribution in [1.29, 1.82) is 0 Å². The molecule has 5 heteroatoms. The van der Waals surface area contributed by atoms with Crippen LogP contribution in [0.4, 0.5) is 0 Å². The summed E-state index contributed by atoms with van der Waals surface area (Å²) in [6.45, 7) is 7.17. The summed E-state index contributed by atoms with van der Waals surface area (Å²) in [5.41, 5.74) is 1.24. The van der Waals surface area contributed by atoms with Crippen LogP contribution in [-0.2, 0) is 4.79 Å². The van der Waals surface area contributed by atoms with Gasteiger partial charge in [-0.15, -0.1) is 0 Å². The van der Waals surface area contributed by atoms with E-state index in [0.717, 1.165) is 5.56 Å². The van der Waals surface area contributed by atoms with Gasteiger partial charge in [-0.2, -0.15) is 0 Å². The minimum atomic E-state index is -0.580. The monoisotopic (exact) mass is 264 g/mol. The molecule has 1 aromatic rings. The van der Waals surface area contributed by atoms with Gasteiger partial charge in [0.1, 0.15) is 5.75 Å². The molecule has 0 aliphatic heterocycles. The van der Waals surface area contributed by atoms with Gasteiger partial charge in [0.2, 0.25) is 0 Å². The van der Waals surface area contributed by atoms with Crippen LogP contribution in [0.5, 0.6) is 5.75 Å². The minimum Gasteiger partial charge on any atom is -0.481 e. The first-order valence-corrected chi connectivity index (χ1v) is 6.20. The number of hydrogen-bond acceptors (Lipinski definition) is 4. The first-order chi connectivity index (χ1) is 8.93. The van der Waals surface area contributed by atoms with E-state index in [-0.39, 0.29) is 11.9 Å². The Labute approximate surface area is 113 Å². The van der Waals surface area contributed by atoms with Gasteiger partial charge in [-0.3, -0.25) is 4.79 Å². The van der Waals surface area contributed by atoms with Gasteiger partial charge in [0.25, 0.3) is 5.91 Å². The molecule has 1 amide bonds. The van der Waals surface area contributed by atoms with Gasteiger partial charge in [0.15, 0.2) is 6.10 Å². The molecule has 104 valence electrons. The fourth-order valence-electron chi connectivity index (χ4n) is 1.51. The fraction of sp³-hybridized carbons (Fsp3) is 0.429. The van der Waals surface area contributed by atoms with Crippen molar-refractivity contribution >= 4 is 11.6 Å². The molecule has 0 aliphatic carbocycles. The first-order valence-electron chi connectivity index (χ1n) is 6.20. The lowest BCUT2D eigenvalue weighted by atomic mass is 10.1. The van der Waals surface area contributed by atoms with Gasteiger partial charge in [-0.1, -0.05) is 17.3 Å². The molecule has 5 nitrogen and oxygen atoms in total. The van der Waals surface area contributed by atoms with Crippen LogP contribution < -0.4 is 10.1 Å². The normalized spacial score (nSPS) is 13.2. The second-order valence-corrected chi connectivity index (χ2v) is 4.64. The summed E-state index contributed by atoms with van der Waals surface area (Å²) in [6, 6.07) is 7.16. The lowest BCUT2D eigenvalue weighted by Gasteiger charge is -2.16. The molecule has 0 aromatic heterocycles. The van der Waals surface area contributed by atoms with Crippen LogP contribution in [0.3, 0.4) is 0 Å². The molecule has 0 aliphatic rings. The van der Waals surface area contributed by atoms with Crippen molar-refractivity contribution < 1.29 is 14.7 Å². The third-order valence-corrected chi connectivity index (χ3v) is 2.51. The van der Waals surface area contributed by atoms with Crippen LogP contribution in [-0.4, -0.2) is 29.0 Å². The van der Waals surface area contributed by atoms with E-state index in [1.165, 1.54) is 0 Å². The molecule has 0 spiro atoms. The molecule has 2 N–H and O–H groups in total.